The van der Waals surface area contributed by atoms with Gasteiger partial charge in [-0.3, -0.25) is 0 Å². The van der Waals surface area contributed by atoms with Crippen molar-refractivity contribution in [1.82, 2.24) is 0 Å². The number of benzene rings is 1. The molecule has 1 aromatic carbocycles. The van der Waals surface area contributed by atoms with Crippen LogP contribution in [0.25, 0.3) is 0 Å². The van der Waals surface area contributed by atoms with Gasteiger partial charge in [0.15, 0.2) is 0 Å². The molecule has 2 atom stereocenters. The maximum Gasteiger partial charge on any atom is 0.126 e. The van der Waals surface area contributed by atoms with Crippen LogP contribution < -0.4 is 4.74 Å². The average molecular weight is 208 g/mol. The molecule has 0 saturated heterocycles. The van der Waals surface area contributed by atoms with E-state index in [4.69, 9.17) is 4.74 Å². The highest BCUT2D eigenvalue weighted by Gasteiger charge is 2.39. The molecule has 2 unspecified atom stereocenters. The Kier molecular flexibility index (Phi) is 2.25. The number of fused-ring (bicyclic) bond motifs is 1. The largest absolute Gasteiger partial charge is 0.489 e. The van der Waals surface area contributed by atoms with E-state index in [0.29, 0.717) is 11.7 Å². The predicted octanol–water partition coefficient (Wildman–Crippen LogP) is 3.74. The Morgan fingerprint density at radius 2 is 1.93 bits per heavy atom. The van der Waals surface area contributed by atoms with Crippen LogP contribution in [0.15, 0.2) is 18.2 Å². The van der Waals surface area contributed by atoms with Crippen LogP contribution in [0.3, 0.4) is 0 Å². The van der Waals surface area contributed by atoms with Crippen LogP contribution in [0.4, 0.5) is 4.39 Å². The SMILES string of the molecule is CC1c2ccc(F)cc2OC1C(C)(C)C. The number of rotatable bonds is 0. The van der Waals surface area contributed by atoms with Crippen LogP contribution in [0, 0.1) is 11.2 Å². The molecule has 15 heavy (non-hydrogen) atoms. The van der Waals surface area contributed by atoms with E-state index in [1.54, 1.807) is 0 Å². The molecule has 1 heterocycles. The third-order valence-corrected chi connectivity index (χ3v) is 3.03. The minimum atomic E-state index is -0.226. The fourth-order valence-corrected chi connectivity index (χ4v) is 2.32. The minimum absolute atomic E-state index is 0.0783. The van der Waals surface area contributed by atoms with Gasteiger partial charge in [-0.2, -0.15) is 0 Å². The number of halogens is 1. The van der Waals surface area contributed by atoms with E-state index < -0.39 is 0 Å². The standard InChI is InChI=1S/C13H17FO/c1-8-10-6-5-9(14)7-11(10)15-12(8)13(2,3)4/h5-8,12H,1-4H3. The topological polar surface area (TPSA) is 9.23 Å². The highest BCUT2D eigenvalue weighted by molar-refractivity contribution is 5.41. The summed E-state index contributed by atoms with van der Waals surface area (Å²) in [6.45, 7) is 8.59. The van der Waals surface area contributed by atoms with Crippen molar-refractivity contribution in [1.29, 1.82) is 0 Å². The lowest BCUT2D eigenvalue weighted by Gasteiger charge is -2.29. The predicted molar refractivity (Wildman–Crippen MR) is 58.7 cm³/mol. The van der Waals surface area contributed by atoms with Crippen LogP contribution in [-0.4, -0.2) is 6.10 Å². The summed E-state index contributed by atoms with van der Waals surface area (Å²) in [7, 11) is 0. The fourth-order valence-electron chi connectivity index (χ4n) is 2.32. The Morgan fingerprint density at radius 3 is 2.53 bits per heavy atom. The van der Waals surface area contributed by atoms with E-state index in [1.165, 1.54) is 12.1 Å². The first-order valence-corrected chi connectivity index (χ1v) is 5.35. The Morgan fingerprint density at radius 1 is 1.27 bits per heavy atom. The van der Waals surface area contributed by atoms with E-state index >= 15 is 0 Å². The quantitative estimate of drug-likeness (QED) is 0.631. The number of hydrogen-bond donors (Lipinski definition) is 0. The summed E-state index contributed by atoms with van der Waals surface area (Å²) in [5, 5.41) is 0. The van der Waals surface area contributed by atoms with Gasteiger partial charge in [0.2, 0.25) is 0 Å². The van der Waals surface area contributed by atoms with E-state index in [-0.39, 0.29) is 17.3 Å². The van der Waals surface area contributed by atoms with E-state index in [1.807, 2.05) is 6.07 Å². The summed E-state index contributed by atoms with van der Waals surface area (Å²) in [5.41, 5.74) is 1.20. The van der Waals surface area contributed by atoms with Gasteiger partial charge < -0.3 is 4.74 Å². The van der Waals surface area contributed by atoms with Crippen LogP contribution in [0.1, 0.15) is 39.2 Å². The molecule has 0 aromatic heterocycles. The van der Waals surface area contributed by atoms with Gasteiger partial charge in [-0.05, 0) is 11.5 Å². The molecule has 0 aliphatic carbocycles. The molecule has 1 aliphatic heterocycles. The van der Waals surface area contributed by atoms with Crippen molar-refractivity contribution in [3.05, 3.63) is 29.6 Å². The van der Waals surface area contributed by atoms with E-state index in [2.05, 4.69) is 27.7 Å². The van der Waals surface area contributed by atoms with E-state index in [0.717, 1.165) is 5.56 Å². The summed E-state index contributed by atoms with van der Waals surface area (Å²) in [4.78, 5) is 0. The molecular weight excluding hydrogens is 191 g/mol. The van der Waals surface area contributed by atoms with Crippen molar-refractivity contribution >= 4 is 0 Å². The molecule has 2 heteroatoms. The maximum absolute atomic E-state index is 13.0. The molecule has 0 radical (unpaired) electrons. The van der Waals surface area contributed by atoms with Crippen molar-refractivity contribution in [2.75, 3.05) is 0 Å². The Bertz CT molecular complexity index is 379. The summed E-state index contributed by atoms with van der Waals surface area (Å²) in [6.07, 6.45) is 0.134. The van der Waals surface area contributed by atoms with Gasteiger partial charge in [0.25, 0.3) is 0 Å². The van der Waals surface area contributed by atoms with Gasteiger partial charge >= 0.3 is 0 Å². The highest BCUT2D eigenvalue weighted by Crippen LogP contribution is 2.44. The van der Waals surface area contributed by atoms with Gasteiger partial charge in [-0.15, -0.1) is 0 Å². The number of ether oxygens (including phenoxy) is 1. The van der Waals surface area contributed by atoms with Crippen molar-refractivity contribution in [3.8, 4) is 5.75 Å². The second-order valence-electron chi connectivity index (χ2n) is 5.38. The van der Waals surface area contributed by atoms with Crippen LogP contribution in [0.2, 0.25) is 0 Å². The van der Waals surface area contributed by atoms with Crippen LogP contribution in [-0.2, 0) is 0 Å². The summed E-state index contributed by atoms with van der Waals surface area (Å²) in [5.74, 6) is 0.818. The summed E-state index contributed by atoms with van der Waals surface area (Å²) >= 11 is 0. The number of hydrogen-bond acceptors (Lipinski definition) is 1. The molecule has 0 N–H and O–H groups in total. The maximum atomic E-state index is 13.0. The molecule has 2 rings (SSSR count). The van der Waals surface area contributed by atoms with Gasteiger partial charge in [0, 0.05) is 17.5 Å². The second kappa shape index (κ2) is 3.22. The Hall–Kier alpha value is -1.05. The first kappa shape index (κ1) is 10.5. The lowest BCUT2D eigenvalue weighted by atomic mass is 9.81. The first-order valence-electron chi connectivity index (χ1n) is 5.35. The zero-order chi connectivity index (χ0) is 11.2. The molecule has 1 nitrogen and oxygen atoms in total. The normalized spacial score (nSPS) is 24.9. The van der Waals surface area contributed by atoms with Crippen LogP contribution in [0.5, 0.6) is 5.75 Å². The van der Waals surface area contributed by atoms with Crippen LogP contribution >= 0.6 is 0 Å². The second-order valence-corrected chi connectivity index (χ2v) is 5.38. The third kappa shape index (κ3) is 1.73. The van der Waals surface area contributed by atoms with Gasteiger partial charge in [0.1, 0.15) is 17.7 Å². The van der Waals surface area contributed by atoms with Crippen molar-refractivity contribution in [2.45, 2.75) is 39.7 Å². The van der Waals surface area contributed by atoms with Gasteiger partial charge in [-0.25, -0.2) is 4.39 Å². The van der Waals surface area contributed by atoms with Crippen molar-refractivity contribution in [3.63, 3.8) is 0 Å². The molecule has 1 aliphatic rings. The molecule has 0 amide bonds. The molecule has 82 valence electrons. The van der Waals surface area contributed by atoms with Gasteiger partial charge in [-0.1, -0.05) is 33.8 Å². The Labute approximate surface area is 90.3 Å². The molecule has 0 fully saturated rings. The highest BCUT2D eigenvalue weighted by atomic mass is 19.1. The van der Waals surface area contributed by atoms with E-state index in [9.17, 15) is 4.39 Å². The van der Waals surface area contributed by atoms with Crippen molar-refractivity contribution in [2.24, 2.45) is 5.41 Å². The lowest BCUT2D eigenvalue weighted by molar-refractivity contribution is 0.0908. The monoisotopic (exact) mass is 208 g/mol. The molecule has 0 saturated carbocycles. The Balaban J connectivity index is 2.37. The molecular formula is C13H17FO. The average Bonchev–Trinajstić information content (AvgIpc) is 2.42. The fraction of sp³-hybridized carbons (Fsp3) is 0.538. The summed E-state index contributed by atoms with van der Waals surface area (Å²) < 4.78 is 18.9. The smallest absolute Gasteiger partial charge is 0.126 e. The first-order chi connectivity index (χ1) is 6.89. The third-order valence-electron chi connectivity index (χ3n) is 3.03. The molecule has 1 aromatic rings. The van der Waals surface area contributed by atoms with Crippen molar-refractivity contribution < 1.29 is 9.13 Å². The zero-order valence-corrected chi connectivity index (χ0v) is 9.67. The molecule has 0 bridgehead atoms. The zero-order valence-electron chi connectivity index (χ0n) is 9.67. The minimum Gasteiger partial charge on any atom is -0.489 e. The lowest BCUT2D eigenvalue weighted by Crippen LogP contribution is -2.32. The molecule has 0 spiro atoms. The van der Waals surface area contributed by atoms with Gasteiger partial charge in [0.05, 0.1) is 0 Å². The summed E-state index contributed by atoms with van der Waals surface area (Å²) in [6, 6.07) is 4.82.